The lowest BCUT2D eigenvalue weighted by Crippen LogP contribution is -2.12. The average Bonchev–Trinajstić information content (AvgIpc) is 2.46. The van der Waals surface area contributed by atoms with Gasteiger partial charge in [0.25, 0.3) is 0 Å². The van der Waals surface area contributed by atoms with Crippen molar-refractivity contribution in [3.8, 4) is 0 Å². The minimum atomic E-state index is 0.128. The van der Waals surface area contributed by atoms with E-state index >= 15 is 0 Å². The lowest BCUT2D eigenvalue weighted by atomic mass is 10.0. The Labute approximate surface area is 125 Å². The quantitative estimate of drug-likeness (QED) is 0.649. The molecule has 2 nitrogen and oxygen atoms in total. The summed E-state index contributed by atoms with van der Waals surface area (Å²) < 4.78 is 5.10. The molecule has 0 amide bonds. The number of hydrogen-bond acceptors (Lipinski definition) is 2. The van der Waals surface area contributed by atoms with Crippen molar-refractivity contribution >= 4 is 6.47 Å². The molecule has 1 saturated carbocycles. The third-order valence-electron chi connectivity index (χ3n) is 4.52. The minimum Gasteiger partial charge on any atom is -0.454 e. The van der Waals surface area contributed by atoms with E-state index in [4.69, 9.17) is 4.74 Å². The summed E-state index contributed by atoms with van der Waals surface area (Å²) in [6, 6.07) is 0. The first-order valence-corrected chi connectivity index (χ1v) is 8.96. The number of carbonyl (C=O) groups excluding carboxylic acids is 1. The molecule has 0 N–H and O–H groups in total. The fraction of sp³-hybridized carbons (Fsp3) is 0.944. The molecule has 0 aromatic rings. The third-order valence-corrected chi connectivity index (χ3v) is 4.52. The predicted octanol–water partition coefficient (Wildman–Crippen LogP) is 5.69. The molecule has 1 radical (unpaired) electrons. The maximum absolute atomic E-state index is 10.4. The van der Waals surface area contributed by atoms with Crippen LogP contribution in [0, 0.1) is 0 Å². The van der Waals surface area contributed by atoms with Crippen LogP contribution >= 0.6 is 0 Å². The second-order valence-electron chi connectivity index (χ2n) is 6.35. The van der Waals surface area contributed by atoms with Crippen LogP contribution in [0.25, 0.3) is 0 Å². The lowest BCUT2D eigenvalue weighted by molar-refractivity contribution is 0.151. The van der Waals surface area contributed by atoms with Crippen molar-refractivity contribution in [2.45, 2.75) is 109 Å². The summed E-state index contributed by atoms with van der Waals surface area (Å²) in [5.74, 6) is 0. The zero-order valence-corrected chi connectivity index (χ0v) is 13.2. The predicted molar refractivity (Wildman–Crippen MR) is 84.4 cm³/mol. The molecule has 1 aliphatic rings. The van der Waals surface area contributed by atoms with Gasteiger partial charge in [0, 0.05) is 0 Å². The normalized spacial score (nSPS) is 22.8. The molecule has 2 heteroatoms. The first-order chi connectivity index (χ1) is 9.93. The average molecular weight is 281 g/mol. The molecule has 0 aromatic carbocycles. The van der Waals surface area contributed by atoms with Crippen LogP contribution in [0.3, 0.4) is 0 Å². The Hall–Kier alpha value is -0.530. The van der Waals surface area contributed by atoms with Gasteiger partial charge in [-0.05, 0) is 25.7 Å². The van der Waals surface area contributed by atoms with Crippen molar-refractivity contribution in [2.24, 2.45) is 0 Å². The van der Waals surface area contributed by atoms with E-state index in [1.807, 2.05) is 0 Å². The monoisotopic (exact) mass is 281 g/mol. The van der Waals surface area contributed by atoms with Gasteiger partial charge in [-0.25, -0.2) is 4.79 Å². The van der Waals surface area contributed by atoms with Gasteiger partial charge in [-0.3, -0.25) is 0 Å². The second kappa shape index (κ2) is 13.5. The molecule has 0 aliphatic heterocycles. The summed E-state index contributed by atoms with van der Waals surface area (Å²) in [5.41, 5.74) is 0. The van der Waals surface area contributed by atoms with Crippen molar-refractivity contribution in [1.82, 2.24) is 0 Å². The number of ether oxygens (including phenoxy) is 1. The molecule has 0 heterocycles. The van der Waals surface area contributed by atoms with E-state index < -0.39 is 0 Å². The van der Waals surface area contributed by atoms with Crippen molar-refractivity contribution in [3.05, 3.63) is 0 Å². The number of hydrogen-bond donors (Lipinski definition) is 0. The first kappa shape index (κ1) is 17.5. The van der Waals surface area contributed by atoms with Crippen molar-refractivity contribution in [1.29, 1.82) is 0 Å². The van der Waals surface area contributed by atoms with Gasteiger partial charge in [0.05, 0.1) is 0 Å². The molecule has 0 aromatic heterocycles. The molecular weight excluding hydrogens is 248 g/mol. The van der Waals surface area contributed by atoms with E-state index in [0.29, 0.717) is 0 Å². The maximum Gasteiger partial charge on any atom is 0.417 e. The molecular formula is C18H33O2. The van der Waals surface area contributed by atoms with Crippen LogP contribution in [0.1, 0.15) is 103 Å². The molecule has 0 unspecified atom stereocenters. The summed E-state index contributed by atoms with van der Waals surface area (Å²) in [5, 5.41) is 0. The molecule has 0 spiro atoms. The Balaban J connectivity index is 2.21. The van der Waals surface area contributed by atoms with Gasteiger partial charge in [-0.2, -0.15) is 0 Å². The van der Waals surface area contributed by atoms with Gasteiger partial charge in [0.1, 0.15) is 6.10 Å². The fourth-order valence-corrected chi connectivity index (χ4v) is 3.20. The molecule has 0 saturated heterocycles. The Morgan fingerprint density at radius 1 is 0.550 bits per heavy atom. The van der Waals surface area contributed by atoms with E-state index in [0.717, 1.165) is 12.8 Å². The topological polar surface area (TPSA) is 26.3 Å². The summed E-state index contributed by atoms with van der Waals surface area (Å²) in [6.45, 7) is 1.65. The summed E-state index contributed by atoms with van der Waals surface area (Å²) in [7, 11) is 0. The van der Waals surface area contributed by atoms with Gasteiger partial charge in [-0.15, -0.1) is 0 Å². The molecule has 1 fully saturated rings. The maximum atomic E-state index is 10.4. The lowest BCUT2D eigenvalue weighted by Gasteiger charge is -2.14. The van der Waals surface area contributed by atoms with E-state index in [1.165, 1.54) is 89.9 Å². The largest absolute Gasteiger partial charge is 0.454 e. The van der Waals surface area contributed by atoms with Gasteiger partial charge in [-0.1, -0.05) is 77.0 Å². The van der Waals surface area contributed by atoms with E-state index in [1.54, 1.807) is 6.47 Å². The Kier molecular flexibility index (Phi) is 11.8. The highest BCUT2D eigenvalue weighted by molar-refractivity contribution is 5.38. The third kappa shape index (κ3) is 10.3. The summed E-state index contributed by atoms with van der Waals surface area (Å²) in [4.78, 5) is 10.4. The van der Waals surface area contributed by atoms with E-state index in [2.05, 4.69) is 0 Å². The van der Waals surface area contributed by atoms with E-state index in [9.17, 15) is 4.79 Å². The fourth-order valence-electron chi connectivity index (χ4n) is 3.20. The zero-order valence-electron chi connectivity index (χ0n) is 13.2. The Morgan fingerprint density at radius 2 is 0.850 bits per heavy atom. The highest BCUT2D eigenvalue weighted by Gasteiger charge is 2.09. The zero-order chi connectivity index (χ0) is 14.3. The van der Waals surface area contributed by atoms with Crippen molar-refractivity contribution < 1.29 is 9.53 Å². The molecule has 117 valence electrons. The van der Waals surface area contributed by atoms with Gasteiger partial charge < -0.3 is 4.74 Å². The molecule has 0 atom stereocenters. The molecule has 1 aliphatic carbocycles. The standard InChI is InChI=1S/C18H33O2/c19-17-20-18-15-13-11-9-7-5-3-1-2-4-6-8-10-12-14-16-18/h18H,1-16H2. The van der Waals surface area contributed by atoms with Crippen LogP contribution in [0.5, 0.6) is 0 Å². The van der Waals surface area contributed by atoms with Crippen LogP contribution in [0.15, 0.2) is 0 Å². The summed E-state index contributed by atoms with van der Waals surface area (Å²) in [6.07, 6.45) is 21.2. The summed E-state index contributed by atoms with van der Waals surface area (Å²) >= 11 is 0. The van der Waals surface area contributed by atoms with Crippen molar-refractivity contribution in [3.63, 3.8) is 0 Å². The van der Waals surface area contributed by atoms with Gasteiger partial charge in [0.15, 0.2) is 0 Å². The van der Waals surface area contributed by atoms with Gasteiger partial charge in [0.2, 0.25) is 0 Å². The van der Waals surface area contributed by atoms with Crippen LogP contribution < -0.4 is 0 Å². The molecule has 0 bridgehead atoms. The van der Waals surface area contributed by atoms with Gasteiger partial charge >= 0.3 is 6.47 Å². The highest BCUT2D eigenvalue weighted by Crippen LogP contribution is 2.18. The minimum absolute atomic E-state index is 0.128. The Morgan fingerprint density at radius 3 is 1.15 bits per heavy atom. The van der Waals surface area contributed by atoms with Crippen molar-refractivity contribution in [2.75, 3.05) is 0 Å². The van der Waals surface area contributed by atoms with E-state index in [-0.39, 0.29) is 6.10 Å². The Bertz CT molecular complexity index is 197. The van der Waals surface area contributed by atoms with Crippen LogP contribution in [-0.4, -0.2) is 12.6 Å². The number of rotatable bonds is 2. The first-order valence-electron chi connectivity index (χ1n) is 8.96. The smallest absolute Gasteiger partial charge is 0.417 e. The molecule has 1 rings (SSSR count). The second-order valence-corrected chi connectivity index (χ2v) is 6.35. The SMILES string of the molecule is O=[C]OC1CCCCCCCCCCCCCCCC1. The van der Waals surface area contributed by atoms with Crippen LogP contribution in [0.2, 0.25) is 0 Å². The van der Waals surface area contributed by atoms with Crippen LogP contribution in [0.4, 0.5) is 0 Å². The van der Waals surface area contributed by atoms with Crippen LogP contribution in [-0.2, 0) is 9.53 Å². The highest BCUT2D eigenvalue weighted by atomic mass is 16.5. The molecule has 20 heavy (non-hydrogen) atoms.